The van der Waals surface area contributed by atoms with Crippen LogP contribution < -0.4 is 5.73 Å². The SMILES string of the molecule is CC1CCN(S(=O)(=O)c2ccc(CN)cn2)C1. The topological polar surface area (TPSA) is 76.3 Å². The molecule has 6 heteroatoms. The summed E-state index contributed by atoms with van der Waals surface area (Å²) >= 11 is 0. The second-order valence-corrected chi connectivity index (χ2v) is 6.35. The Kier molecular flexibility index (Phi) is 3.46. The van der Waals surface area contributed by atoms with Crippen molar-refractivity contribution in [3.8, 4) is 0 Å². The van der Waals surface area contributed by atoms with Gasteiger partial charge in [-0.25, -0.2) is 13.4 Å². The first-order chi connectivity index (χ1) is 8.04. The summed E-state index contributed by atoms with van der Waals surface area (Å²) < 4.78 is 25.9. The summed E-state index contributed by atoms with van der Waals surface area (Å²) in [6, 6.07) is 3.24. The predicted octanol–water partition coefficient (Wildman–Crippen LogP) is 0.571. The Morgan fingerprint density at radius 1 is 1.53 bits per heavy atom. The van der Waals surface area contributed by atoms with Crippen LogP contribution in [-0.2, 0) is 16.6 Å². The molecule has 1 aliphatic heterocycles. The first kappa shape index (κ1) is 12.5. The molecule has 2 heterocycles. The number of pyridine rings is 1. The molecule has 0 aliphatic carbocycles. The van der Waals surface area contributed by atoms with Gasteiger partial charge in [0.05, 0.1) is 0 Å². The van der Waals surface area contributed by atoms with Crippen molar-refractivity contribution in [3.63, 3.8) is 0 Å². The van der Waals surface area contributed by atoms with Crippen LogP contribution >= 0.6 is 0 Å². The maximum Gasteiger partial charge on any atom is 0.260 e. The molecule has 0 bridgehead atoms. The molecule has 0 amide bonds. The molecule has 0 radical (unpaired) electrons. The van der Waals surface area contributed by atoms with Crippen LogP contribution in [0.25, 0.3) is 0 Å². The minimum absolute atomic E-state index is 0.115. The zero-order valence-electron chi connectivity index (χ0n) is 9.83. The summed E-state index contributed by atoms with van der Waals surface area (Å²) in [6.07, 6.45) is 2.44. The second-order valence-electron chi connectivity index (χ2n) is 4.47. The lowest BCUT2D eigenvalue weighted by atomic mass is 10.2. The third-order valence-electron chi connectivity index (χ3n) is 3.02. The summed E-state index contributed by atoms with van der Waals surface area (Å²) in [7, 11) is -3.42. The largest absolute Gasteiger partial charge is 0.326 e. The van der Waals surface area contributed by atoms with Gasteiger partial charge >= 0.3 is 0 Å². The van der Waals surface area contributed by atoms with Gasteiger partial charge < -0.3 is 5.73 Å². The Morgan fingerprint density at radius 2 is 2.29 bits per heavy atom. The highest BCUT2D eigenvalue weighted by molar-refractivity contribution is 7.89. The van der Waals surface area contributed by atoms with Crippen LogP contribution in [0.2, 0.25) is 0 Å². The van der Waals surface area contributed by atoms with Crippen molar-refractivity contribution in [2.75, 3.05) is 13.1 Å². The highest BCUT2D eigenvalue weighted by Gasteiger charge is 2.31. The number of nitrogens with two attached hydrogens (primary N) is 1. The van der Waals surface area contributed by atoms with Gasteiger partial charge in [-0.2, -0.15) is 4.31 Å². The maximum absolute atomic E-state index is 12.2. The van der Waals surface area contributed by atoms with Crippen molar-refractivity contribution in [1.29, 1.82) is 0 Å². The van der Waals surface area contributed by atoms with E-state index in [1.165, 1.54) is 16.6 Å². The Hall–Kier alpha value is -0.980. The van der Waals surface area contributed by atoms with E-state index in [2.05, 4.69) is 11.9 Å². The molecule has 1 aromatic heterocycles. The summed E-state index contributed by atoms with van der Waals surface area (Å²) in [5, 5.41) is 0.115. The fraction of sp³-hybridized carbons (Fsp3) is 0.545. The number of aromatic nitrogens is 1. The molecule has 1 unspecified atom stereocenters. The molecule has 1 atom stereocenters. The van der Waals surface area contributed by atoms with Gasteiger partial charge in [0, 0.05) is 25.8 Å². The van der Waals surface area contributed by atoms with E-state index in [9.17, 15) is 8.42 Å². The second kappa shape index (κ2) is 4.72. The number of hydrogen-bond donors (Lipinski definition) is 1. The minimum Gasteiger partial charge on any atom is -0.326 e. The van der Waals surface area contributed by atoms with Crippen LogP contribution in [0.1, 0.15) is 18.9 Å². The Balaban J connectivity index is 2.25. The van der Waals surface area contributed by atoms with Crippen LogP contribution in [0.3, 0.4) is 0 Å². The van der Waals surface area contributed by atoms with Gasteiger partial charge in [-0.05, 0) is 24.0 Å². The lowest BCUT2D eigenvalue weighted by molar-refractivity contribution is 0.461. The van der Waals surface area contributed by atoms with E-state index in [-0.39, 0.29) is 5.03 Å². The summed E-state index contributed by atoms with van der Waals surface area (Å²) in [4.78, 5) is 3.98. The van der Waals surface area contributed by atoms with Crippen LogP contribution in [-0.4, -0.2) is 30.8 Å². The quantitative estimate of drug-likeness (QED) is 0.856. The number of nitrogens with zero attached hydrogens (tertiary/aromatic N) is 2. The summed E-state index contributed by atoms with van der Waals surface area (Å²) in [5.41, 5.74) is 6.28. The van der Waals surface area contributed by atoms with E-state index in [0.717, 1.165) is 12.0 Å². The number of hydrogen-bond acceptors (Lipinski definition) is 4. The van der Waals surface area contributed by atoms with E-state index >= 15 is 0 Å². The summed E-state index contributed by atoms with van der Waals surface area (Å²) in [6.45, 7) is 3.60. The van der Waals surface area contributed by atoms with Gasteiger partial charge in [0.15, 0.2) is 5.03 Å². The normalized spacial score (nSPS) is 21.9. The van der Waals surface area contributed by atoms with Crippen molar-refractivity contribution in [1.82, 2.24) is 9.29 Å². The fourth-order valence-electron chi connectivity index (χ4n) is 1.93. The van der Waals surface area contributed by atoms with Crippen LogP contribution in [0.4, 0.5) is 0 Å². The first-order valence-corrected chi connectivity index (χ1v) is 7.13. The molecule has 1 fully saturated rings. The zero-order chi connectivity index (χ0) is 12.5. The standard InChI is InChI=1S/C11H17N3O2S/c1-9-4-5-14(8-9)17(15,16)11-3-2-10(6-12)7-13-11/h2-3,7,9H,4-6,8,12H2,1H3. The van der Waals surface area contributed by atoms with E-state index in [1.54, 1.807) is 6.07 Å². The van der Waals surface area contributed by atoms with Gasteiger partial charge in [-0.3, -0.25) is 0 Å². The fourth-order valence-corrected chi connectivity index (χ4v) is 3.42. The molecule has 5 nitrogen and oxygen atoms in total. The van der Waals surface area contributed by atoms with Crippen molar-refractivity contribution in [2.24, 2.45) is 11.7 Å². The lowest BCUT2D eigenvalue weighted by Gasteiger charge is -2.15. The van der Waals surface area contributed by atoms with Crippen molar-refractivity contribution in [2.45, 2.75) is 24.9 Å². The molecule has 94 valence electrons. The Bertz CT molecular complexity index is 484. The average Bonchev–Trinajstić information content (AvgIpc) is 2.77. The highest BCUT2D eigenvalue weighted by atomic mass is 32.2. The third-order valence-corrected chi connectivity index (χ3v) is 4.81. The molecule has 2 rings (SSSR count). The smallest absolute Gasteiger partial charge is 0.260 e. The van der Waals surface area contributed by atoms with Crippen LogP contribution in [0, 0.1) is 5.92 Å². The molecule has 17 heavy (non-hydrogen) atoms. The molecular weight excluding hydrogens is 238 g/mol. The minimum atomic E-state index is -3.42. The van der Waals surface area contributed by atoms with Crippen molar-refractivity contribution in [3.05, 3.63) is 23.9 Å². The van der Waals surface area contributed by atoms with Gasteiger partial charge in [0.2, 0.25) is 0 Å². The van der Waals surface area contributed by atoms with Gasteiger partial charge in [0.1, 0.15) is 0 Å². The van der Waals surface area contributed by atoms with E-state index in [1.807, 2.05) is 0 Å². The number of sulfonamides is 1. The van der Waals surface area contributed by atoms with Crippen LogP contribution in [0.5, 0.6) is 0 Å². The van der Waals surface area contributed by atoms with E-state index in [4.69, 9.17) is 5.73 Å². The zero-order valence-corrected chi connectivity index (χ0v) is 10.7. The molecule has 0 aromatic carbocycles. The highest BCUT2D eigenvalue weighted by Crippen LogP contribution is 2.22. The maximum atomic E-state index is 12.2. The molecule has 2 N–H and O–H groups in total. The molecule has 0 saturated carbocycles. The first-order valence-electron chi connectivity index (χ1n) is 5.69. The predicted molar refractivity (Wildman–Crippen MR) is 64.7 cm³/mol. The molecular formula is C11H17N3O2S. The van der Waals surface area contributed by atoms with Gasteiger partial charge in [0.25, 0.3) is 10.0 Å². The average molecular weight is 255 g/mol. The van der Waals surface area contributed by atoms with Gasteiger partial charge in [-0.1, -0.05) is 13.0 Å². The van der Waals surface area contributed by atoms with E-state index in [0.29, 0.717) is 25.6 Å². The third kappa shape index (κ3) is 2.48. The Morgan fingerprint density at radius 3 is 2.76 bits per heavy atom. The summed E-state index contributed by atoms with van der Waals surface area (Å²) in [5.74, 6) is 0.424. The van der Waals surface area contributed by atoms with E-state index < -0.39 is 10.0 Å². The molecule has 1 saturated heterocycles. The molecule has 0 spiro atoms. The van der Waals surface area contributed by atoms with Gasteiger partial charge in [-0.15, -0.1) is 0 Å². The van der Waals surface area contributed by atoms with Crippen molar-refractivity contribution < 1.29 is 8.42 Å². The van der Waals surface area contributed by atoms with Crippen LogP contribution in [0.15, 0.2) is 23.4 Å². The molecule has 1 aliphatic rings. The Labute approximate surface area is 102 Å². The number of rotatable bonds is 3. The monoisotopic (exact) mass is 255 g/mol. The van der Waals surface area contributed by atoms with Crippen molar-refractivity contribution >= 4 is 10.0 Å². The lowest BCUT2D eigenvalue weighted by Crippen LogP contribution is -2.29. The molecule has 1 aromatic rings.